The number of nitrogens with one attached hydrogen (secondary N) is 1. The molecule has 1 heterocycles. The molecule has 1 N–H and O–H groups in total. The SMILES string of the molecule is O=C1NC(=O)N(c2ccc(Br)cc2)C(=O)/C1=C/c1cc(Br)ccc1OCc1ccc2ccccc2c1. The van der Waals surface area contributed by atoms with E-state index in [0.29, 0.717) is 23.6 Å². The fraction of sp³-hybridized carbons (Fsp3) is 0.0357. The highest BCUT2D eigenvalue weighted by Crippen LogP contribution is 2.29. The maximum Gasteiger partial charge on any atom is 0.335 e. The number of rotatable bonds is 5. The van der Waals surface area contributed by atoms with Gasteiger partial charge in [-0.1, -0.05) is 68.3 Å². The number of hydrogen-bond donors (Lipinski definition) is 1. The number of benzene rings is 4. The standard InChI is InChI=1S/C28H18Br2N2O4/c29-21-7-10-23(11-8-21)32-27(34)24(26(33)31-28(32)35)15-20-14-22(30)9-12-25(20)36-16-17-5-6-18-3-1-2-4-19(18)13-17/h1-15H,16H2,(H,31,33,35)/b24-15+. The molecule has 0 aromatic heterocycles. The predicted octanol–water partition coefficient (Wildman–Crippen LogP) is 6.61. The van der Waals surface area contributed by atoms with Crippen LogP contribution in [-0.2, 0) is 16.2 Å². The van der Waals surface area contributed by atoms with Crippen LogP contribution in [0.25, 0.3) is 16.8 Å². The third-order valence-electron chi connectivity index (χ3n) is 5.67. The number of imide groups is 2. The minimum atomic E-state index is -0.800. The Morgan fingerprint density at radius 1 is 0.806 bits per heavy atom. The van der Waals surface area contributed by atoms with Crippen molar-refractivity contribution in [2.45, 2.75) is 6.61 Å². The van der Waals surface area contributed by atoms with Crippen LogP contribution in [0.4, 0.5) is 10.5 Å². The van der Waals surface area contributed by atoms with Gasteiger partial charge in [0.2, 0.25) is 0 Å². The Morgan fingerprint density at radius 2 is 1.53 bits per heavy atom. The average Bonchev–Trinajstić information content (AvgIpc) is 2.87. The number of urea groups is 1. The van der Waals surface area contributed by atoms with E-state index in [1.165, 1.54) is 6.08 Å². The van der Waals surface area contributed by atoms with Gasteiger partial charge in [-0.25, -0.2) is 9.69 Å². The second-order valence-electron chi connectivity index (χ2n) is 8.09. The van der Waals surface area contributed by atoms with Gasteiger partial charge in [0, 0.05) is 14.5 Å². The summed E-state index contributed by atoms with van der Waals surface area (Å²) in [5.74, 6) is -0.989. The second-order valence-corrected chi connectivity index (χ2v) is 9.92. The first kappa shape index (κ1) is 24.0. The van der Waals surface area contributed by atoms with Crippen molar-refractivity contribution in [3.05, 3.63) is 111 Å². The van der Waals surface area contributed by atoms with Crippen molar-refractivity contribution in [3.8, 4) is 5.75 Å². The third kappa shape index (κ3) is 4.96. The van der Waals surface area contributed by atoms with E-state index in [2.05, 4.69) is 43.2 Å². The van der Waals surface area contributed by atoms with Crippen LogP contribution in [0.1, 0.15) is 11.1 Å². The van der Waals surface area contributed by atoms with Crippen molar-refractivity contribution in [3.63, 3.8) is 0 Å². The highest BCUT2D eigenvalue weighted by molar-refractivity contribution is 9.10. The smallest absolute Gasteiger partial charge is 0.335 e. The van der Waals surface area contributed by atoms with E-state index in [4.69, 9.17) is 4.74 Å². The number of carbonyl (C=O) groups is 3. The summed E-state index contributed by atoms with van der Waals surface area (Å²) >= 11 is 6.78. The van der Waals surface area contributed by atoms with Gasteiger partial charge in [-0.05, 0) is 70.9 Å². The van der Waals surface area contributed by atoms with Gasteiger partial charge in [-0.2, -0.15) is 0 Å². The maximum atomic E-state index is 13.2. The summed E-state index contributed by atoms with van der Waals surface area (Å²) in [5.41, 5.74) is 1.68. The lowest BCUT2D eigenvalue weighted by atomic mass is 10.1. The molecule has 0 spiro atoms. The van der Waals surface area contributed by atoms with E-state index < -0.39 is 17.8 Å². The van der Waals surface area contributed by atoms with Crippen molar-refractivity contribution in [2.24, 2.45) is 0 Å². The van der Waals surface area contributed by atoms with Gasteiger partial charge in [0.1, 0.15) is 17.9 Å². The molecule has 5 rings (SSSR count). The van der Waals surface area contributed by atoms with Gasteiger partial charge in [-0.3, -0.25) is 14.9 Å². The Labute approximate surface area is 223 Å². The first-order valence-corrected chi connectivity index (χ1v) is 12.5. The summed E-state index contributed by atoms with van der Waals surface area (Å²) in [7, 11) is 0. The Hall–Kier alpha value is -3.75. The predicted molar refractivity (Wildman–Crippen MR) is 146 cm³/mol. The van der Waals surface area contributed by atoms with Crippen molar-refractivity contribution in [1.82, 2.24) is 5.32 Å². The molecule has 0 saturated carbocycles. The highest BCUT2D eigenvalue weighted by atomic mass is 79.9. The van der Waals surface area contributed by atoms with Crippen LogP contribution >= 0.6 is 31.9 Å². The molecule has 4 aromatic rings. The minimum absolute atomic E-state index is 0.175. The summed E-state index contributed by atoms with van der Waals surface area (Å²) < 4.78 is 7.63. The molecule has 36 heavy (non-hydrogen) atoms. The van der Waals surface area contributed by atoms with Gasteiger partial charge in [-0.15, -0.1) is 0 Å². The molecule has 178 valence electrons. The number of fused-ring (bicyclic) bond motifs is 1. The molecule has 6 nitrogen and oxygen atoms in total. The molecular formula is C28H18Br2N2O4. The number of nitrogens with zero attached hydrogens (tertiary/aromatic N) is 1. The molecule has 1 aliphatic rings. The van der Waals surface area contributed by atoms with Crippen molar-refractivity contribution in [2.75, 3.05) is 4.90 Å². The molecule has 4 amide bonds. The average molecular weight is 606 g/mol. The second kappa shape index (κ2) is 10.1. The van der Waals surface area contributed by atoms with Crippen molar-refractivity contribution >= 4 is 72.2 Å². The summed E-state index contributed by atoms with van der Waals surface area (Å²) in [6.07, 6.45) is 1.44. The zero-order valence-corrected chi connectivity index (χ0v) is 21.9. The first-order chi connectivity index (χ1) is 17.4. The number of carbonyl (C=O) groups excluding carboxylic acids is 3. The van der Waals surface area contributed by atoms with Gasteiger partial charge in [0.15, 0.2) is 0 Å². The summed E-state index contributed by atoms with van der Waals surface area (Å²) in [6.45, 7) is 0.298. The molecule has 0 atom stereocenters. The molecule has 0 bridgehead atoms. The van der Waals surface area contributed by atoms with Crippen LogP contribution in [-0.4, -0.2) is 17.8 Å². The van der Waals surface area contributed by atoms with Crippen LogP contribution in [0.2, 0.25) is 0 Å². The van der Waals surface area contributed by atoms with Crippen molar-refractivity contribution in [1.29, 1.82) is 0 Å². The van der Waals surface area contributed by atoms with E-state index >= 15 is 0 Å². The van der Waals surface area contributed by atoms with E-state index in [1.807, 2.05) is 42.5 Å². The monoisotopic (exact) mass is 604 g/mol. The van der Waals surface area contributed by atoms with Crippen molar-refractivity contribution < 1.29 is 19.1 Å². The Balaban J connectivity index is 1.45. The topological polar surface area (TPSA) is 75.7 Å². The number of halogens is 2. The molecule has 0 unspecified atom stereocenters. The molecule has 8 heteroatoms. The lowest BCUT2D eigenvalue weighted by Gasteiger charge is -2.26. The fourth-order valence-corrected chi connectivity index (χ4v) is 4.53. The minimum Gasteiger partial charge on any atom is -0.488 e. The zero-order chi connectivity index (χ0) is 25.2. The number of ether oxygens (including phenoxy) is 1. The quantitative estimate of drug-likeness (QED) is 0.205. The molecule has 1 aliphatic heterocycles. The summed E-state index contributed by atoms with van der Waals surface area (Å²) in [6, 6.07) is 25.4. The fourth-order valence-electron chi connectivity index (χ4n) is 3.89. The van der Waals surface area contributed by atoms with Gasteiger partial charge in [0.25, 0.3) is 11.8 Å². The van der Waals surface area contributed by atoms with Gasteiger partial charge in [0.05, 0.1) is 5.69 Å². The molecule has 1 fully saturated rings. The Morgan fingerprint density at radius 3 is 2.31 bits per heavy atom. The number of hydrogen-bond acceptors (Lipinski definition) is 4. The normalized spacial score (nSPS) is 14.9. The van der Waals surface area contributed by atoms with E-state index in [0.717, 1.165) is 30.2 Å². The number of anilines is 1. The highest BCUT2D eigenvalue weighted by Gasteiger charge is 2.37. The van der Waals surface area contributed by atoms with E-state index in [9.17, 15) is 14.4 Å². The first-order valence-electron chi connectivity index (χ1n) is 11.0. The van der Waals surface area contributed by atoms with Crippen LogP contribution in [0.15, 0.2) is 99.4 Å². The Kier molecular flexibility index (Phi) is 6.71. The zero-order valence-electron chi connectivity index (χ0n) is 18.7. The van der Waals surface area contributed by atoms with Crippen LogP contribution in [0, 0.1) is 0 Å². The third-order valence-corrected chi connectivity index (χ3v) is 6.69. The maximum absolute atomic E-state index is 13.2. The number of amides is 4. The molecule has 0 aliphatic carbocycles. The number of barbiturate groups is 1. The lowest BCUT2D eigenvalue weighted by molar-refractivity contribution is -0.122. The summed E-state index contributed by atoms with van der Waals surface area (Å²) in [4.78, 5) is 39.3. The summed E-state index contributed by atoms with van der Waals surface area (Å²) in [5, 5.41) is 4.50. The molecule has 1 saturated heterocycles. The van der Waals surface area contributed by atoms with Crippen LogP contribution in [0.5, 0.6) is 5.75 Å². The largest absolute Gasteiger partial charge is 0.488 e. The van der Waals surface area contributed by atoms with Gasteiger partial charge >= 0.3 is 6.03 Å². The van der Waals surface area contributed by atoms with Gasteiger partial charge < -0.3 is 4.74 Å². The Bertz CT molecular complexity index is 1550. The molecule has 0 radical (unpaired) electrons. The lowest BCUT2D eigenvalue weighted by Crippen LogP contribution is -2.54. The van der Waals surface area contributed by atoms with Crippen LogP contribution < -0.4 is 15.0 Å². The van der Waals surface area contributed by atoms with E-state index in [1.54, 1.807) is 36.4 Å². The van der Waals surface area contributed by atoms with E-state index in [-0.39, 0.29) is 5.57 Å². The molecular weight excluding hydrogens is 588 g/mol. The van der Waals surface area contributed by atoms with Crippen LogP contribution in [0.3, 0.4) is 0 Å². The molecule has 4 aromatic carbocycles.